The summed E-state index contributed by atoms with van der Waals surface area (Å²) in [4.78, 5) is 23.3. The molecule has 0 heterocycles. The minimum absolute atomic E-state index is 0.218. The van der Waals surface area contributed by atoms with Gasteiger partial charge in [-0.05, 0) is 19.3 Å². The zero-order valence-electron chi connectivity index (χ0n) is 33.1. The molecule has 0 aromatic heterocycles. The molecule has 13 heteroatoms. The van der Waals surface area contributed by atoms with E-state index in [2.05, 4.69) is 19.2 Å². The second-order valence-electron chi connectivity index (χ2n) is 15.2. The van der Waals surface area contributed by atoms with Crippen molar-refractivity contribution in [2.45, 2.75) is 230 Å². The van der Waals surface area contributed by atoms with E-state index in [9.17, 15) is 44.9 Å². The van der Waals surface area contributed by atoms with Crippen LogP contribution < -0.4 is 5.32 Å². The smallest absolute Gasteiger partial charge is 0.387 e. The van der Waals surface area contributed by atoms with Gasteiger partial charge in [-0.2, -0.15) is 0 Å². The molecule has 0 spiro atoms. The fourth-order valence-electron chi connectivity index (χ4n) is 6.78. The molecule has 1 saturated carbocycles. The number of unbranched alkanes of at least 4 members (excludes halogenated alkanes) is 23. The molecule has 6 unspecified atom stereocenters. The minimum atomic E-state index is -5.07. The number of aliphatic hydroxyl groups is 6. The monoisotopic (exact) mass is 780 g/mol. The van der Waals surface area contributed by atoms with Gasteiger partial charge in [0.2, 0.25) is 5.91 Å². The van der Waals surface area contributed by atoms with E-state index in [-0.39, 0.29) is 12.3 Å². The van der Waals surface area contributed by atoms with Gasteiger partial charge in [0, 0.05) is 6.42 Å². The number of aliphatic hydroxyl groups excluding tert-OH is 6. The van der Waals surface area contributed by atoms with Gasteiger partial charge in [-0.15, -0.1) is 0 Å². The molecular weight excluding hydrogens is 701 g/mol. The van der Waals surface area contributed by atoms with E-state index in [1.807, 2.05) is 6.08 Å². The minimum Gasteiger partial charge on any atom is -0.387 e. The molecule has 314 valence electrons. The Kier molecular flexibility index (Phi) is 29.5. The summed E-state index contributed by atoms with van der Waals surface area (Å²) in [6, 6.07) is -1.11. The van der Waals surface area contributed by atoms with Gasteiger partial charge in [0.15, 0.2) is 0 Å². The molecule has 1 fully saturated rings. The number of phosphoric acid groups is 1. The van der Waals surface area contributed by atoms with E-state index in [1.54, 1.807) is 0 Å². The summed E-state index contributed by atoms with van der Waals surface area (Å²) in [6.07, 6.45) is 20.1. The van der Waals surface area contributed by atoms with Crippen LogP contribution in [0.15, 0.2) is 12.2 Å². The molecule has 1 amide bonds. The third-order valence-corrected chi connectivity index (χ3v) is 11.3. The first-order valence-corrected chi connectivity index (χ1v) is 22.6. The first kappa shape index (κ1) is 50.1. The molecule has 1 aliphatic carbocycles. The summed E-state index contributed by atoms with van der Waals surface area (Å²) >= 11 is 0. The van der Waals surface area contributed by atoms with Gasteiger partial charge in [-0.25, -0.2) is 4.57 Å². The van der Waals surface area contributed by atoms with Gasteiger partial charge in [0.05, 0.1) is 18.8 Å². The maximum Gasteiger partial charge on any atom is 0.472 e. The van der Waals surface area contributed by atoms with Crippen LogP contribution in [0.4, 0.5) is 0 Å². The number of hydrogen-bond acceptors (Lipinski definition) is 10. The largest absolute Gasteiger partial charge is 0.472 e. The molecule has 0 aromatic carbocycles. The van der Waals surface area contributed by atoms with Gasteiger partial charge in [0.1, 0.15) is 36.6 Å². The topological polar surface area (TPSA) is 206 Å². The van der Waals surface area contributed by atoms with Crippen LogP contribution >= 0.6 is 7.82 Å². The fraction of sp³-hybridized carbons (Fsp3) is 0.925. The molecule has 0 bridgehead atoms. The van der Waals surface area contributed by atoms with Crippen molar-refractivity contribution in [2.24, 2.45) is 0 Å². The molecule has 53 heavy (non-hydrogen) atoms. The van der Waals surface area contributed by atoms with E-state index in [1.165, 1.54) is 115 Å². The van der Waals surface area contributed by atoms with Crippen molar-refractivity contribution in [1.82, 2.24) is 5.32 Å². The fourth-order valence-corrected chi connectivity index (χ4v) is 7.75. The van der Waals surface area contributed by atoms with Crippen molar-refractivity contribution < 1.29 is 53.9 Å². The predicted molar refractivity (Wildman–Crippen MR) is 209 cm³/mol. The van der Waals surface area contributed by atoms with Crippen molar-refractivity contribution >= 4 is 13.7 Å². The maximum atomic E-state index is 12.9. The summed E-state index contributed by atoms with van der Waals surface area (Å²) in [5.41, 5.74) is 0. The highest BCUT2D eigenvalue weighted by Crippen LogP contribution is 2.47. The van der Waals surface area contributed by atoms with Crippen LogP contribution in [-0.4, -0.2) is 96.8 Å². The van der Waals surface area contributed by atoms with Crippen molar-refractivity contribution in [1.29, 1.82) is 0 Å². The molecule has 0 radical (unpaired) electrons. The summed E-state index contributed by atoms with van der Waals surface area (Å²) < 4.78 is 22.8. The van der Waals surface area contributed by atoms with Gasteiger partial charge >= 0.3 is 7.82 Å². The second kappa shape index (κ2) is 31.2. The third-order valence-electron chi connectivity index (χ3n) is 10.3. The van der Waals surface area contributed by atoms with Crippen LogP contribution in [0.3, 0.4) is 0 Å². The number of hydrogen-bond donors (Lipinski definition) is 8. The summed E-state index contributed by atoms with van der Waals surface area (Å²) in [7, 11) is -5.07. The Balaban J connectivity index is 2.53. The summed E-state index contributed by atoms with van der Waals surface area (Å²) in [5, 5.41) is 63.7. The third kappa shape index (κ3) is 23.7. The molecular formula is C40H78NO11P. The zero-order chi connectivity index (χ0) is 39.3. The number of nitrogens with one attached hydrogen (secondary N) is 1. The Morgan fingerprint density at radius 3 is 1.43 bits per heavy atom. The van der Waals surface area contributed by atoms with E-state index < -0.39 is 63.2 Å². The van der Waals surface area contributed by atoms with Crippen molar-refractivity contribution in [3.05, 3.63) is 12.2 Å². The highest BCUT2D eigenvalue weighted by Gasteiger charge is 2.51. The van der Waals surface area contributed by atoms with Crippen molar-refractivity contribution in [3.63, 3.8) is 0 Å². The lowest BCUT2D eigenvalue weighted by molar-refractivity contribution is -0.220. The van der Waals surface area contributed by atoms with Crippen LogP contribution in [-0.2, 0) is 18.4 Å². The lowest BCUT2D eigenvalue weighted by Gasteiger charge is -2.41. The first-order chi connectivity index (χ1) is 25.4. The molecule has 12 nitrogen and oxygen atoms in total. The molecule has 0 aliphatic heterocycles. The van der Waals surface area contributed by atoms with Crippen LogP contribution in [0.25, 0.3) is 0 Å². The molecule has 0 aromatic rings. The lowest BCUT2D eigenvalue weighted by Crippen LogP contribution is -2.64. The average Bonchev–Trinajstić information content (AvgIpc) is 3.13. The Hall–Kier alpha value is -0.920. The Bertz CT molecular complexity index is 957. The van der Waals surface area contributed by atoms with E-state index in [4.69, 9.17) is 9.05 Å². The maximum absolute atomic E-state index is 12.9. The van der Waals surface area contributed by atoms with Crippen LogP contribution in [0, 0.1) is 0 Å². The van der Waals surface area contributed by atoms with E-state index in [0.717, 1.165) is 44.9 Å². The lowest BCUT2D eigenvalue weighted by atomic mass is 9.85. The normalized spacial score (nSPS) is 24.3. The van der Waals surface area contributed by atoms with Crippen molar-refractivity contribution in [2.75, 3.05) is 6.61 Å². The Labute approximate surface area is 320 Å². The second-order valence-corrected chi connectivity index (χ2v) is 16.6. The van der Waals surface area contributed by atoms with Crippen LogP contribution in [0.2, 0.25) is 0 Å². The van der Waals surface area contributed by atoms with E-state index >= 15 is 0 Å². The van der Waals surface area contributed by atoms with Crippen LogP contribution in [0.5, 0.6) is 0 Å². The molecule has 1 aliphatic rings. The van der Waals surface area contributed by atoms with Crippen molar-refractivity contribution in [3.8, 4) is 0 Å². The SMILES string of the molecule is CCCCCCCCCCC/C=C/[C@@H](O)[C@H](COP(=O)(O)OC1C(O)C(O)C(O)[C@@H](O)C1O)NC(=O)CCCCCCCCCCCCCCCCC. The molecule has 0 saturated heterocycles. The highest BCUT2D eigenvalue weighted by molar-refractivity contribution is 7.47. The standard InChI is InChI=1S/C40H78NO11P/c1-3-5-7-9-11-13-15-16-17-18-20-22-24-26-28-30-34(43)41-32(33(42)29-27-25-23-21-19-14-12-10-8-6-4-2)31-51-53(49,50)52-40-38(47)36(45)35(44)37(46)39(40)48/h27,29,32-33,35-40,42,44-48H,3-26,28,30-31H2,1-2H3,(H,41,43)(H,49,50)/b29-27+/t32-,33+,35?,36+,37?,38?,39?,40?/m0/s1. The van der Waals surface area contributed by atoms with Gasteiger partial charge < -0.3 is 40.8 Å². The number of amides is 1. The summed E-state index contributed by atoms with van der Waals surface area (Å²) in [5.74, 6) is -0.341. The number of rotatable bonds is 34. The molecule has 9 atom stereocenters. The quantitative estimate of drug-likeness (QED) is 0.0192. The Morgan fingerprint density at radius 1 is 0.623 bits per heavy atom. The average molecular weight is 780 g/mol. The number of phosphoric ester groups is 1. The van der Waals surface area contributed by atoms with Crippen LogP contribution in [0.1, 0.15) is 181 Å². The van der Waals surface area contributed by atoms with Gasteiger partial charge in [-0.3, -0.25) is 13.8 Å². The number of carbonyl (C=O) groups is 1. The summed E-state index contributed by atoms with van der Waals surface area (Å²) in [6.45, 7) is 3.80. The highest BCUT2D eigenvalue weighted by atomic mass is 31.2. The predicted octanol–water partition coefficient (Wildman–Crippen LogP) is 6.89. The van der Waals surface area contributed by atoms with E-state index in [0.29, 0.717) is 6.42 Å². The van der Waals surface area contributed by atoms with Gasteiger partial charge in [0.25, 0.3) is 0 Å². The Morgan fingerprint density at radius 2 is 1.00 bits per heavy atom. The first-order valence-electron chi connectivity index (χ1n) is 21.1. The molecule has 1 rings (SSSR count). The number of allylic oxidation sites excluding steroid dienone is 1. The zero-order valence-corrected chi connectivity index (χ0v) is 34.0. The number of carbonyl (C=O) groups excluding carboxylic acids is 1. The molecule has 8 N–H and O–H groups in total. The van der Waals surface area contributed by atoms with Gasteiger partial charge in [-0.1, -0.05) is 167 Å².